The minimum Gasteiger partial charge on any atom is -0.482 e. The summed E-state index contributed by atoms with van der Waals surface area (Å²) in [6.07, 6.45) is 0. The van der Waals surface area contributed by atoms with Crippen molar-refractivity contribution in [2.45, 2.75) is 5.92 Å². The lowest BCUT2D eigenvalue weighted by Crippen LogP contribution is -2.21. The zero-order valence-corrected chi connectivity index (χ0v) is 18.2. The molecule has 1 aliphatic rings. The van der Waals surface area contributed by atoms with Crippen LogP contribution < -0.4 is 19.9 Å². The number of benzene rings is 3. The van der Waals surface area contributed by atoms with Crippen molar-refractivity contribution in [1.82, 2.24) is 0 Å². The molecule has 0 bridgehead atoms. The van der Waals surface area contributed by atoms with Gasteiger partial charge in [0, 0.05) is 28.8 Å². The number of fused-ring (bicyclic) bond motifs is 1. The number of carbonyl (C=O) groups is 1. The van der Waals surface area contributed by atoms with E-state index >= 15 is 0 Å². The van der Waals surface area contributed by atoms with Crippen LogP contribution in [0.4, 0.5) is 5.69 Å². The van der Waals surface area contributed by atoms with Crippen LogP contribution in [0.25, 0.3) is 0 Å². The highest BCUT2D eigenvalue weighted by atomic mass is 35.5. The standard InChI is InChI=1S/C24H16ClN3O6/c25-15-4-6-17(7-5-15)32-13-22(29)33-18-8-9-19-21(11-18)34-24(27)20(12-26)23(19)14-2-1-3-16(10-14)28(30)31/h1-11,23H,13,27H2. The summed E-state index contributed by atoms with van der Waals surface area (Å²) in [4.78, 5) is 22.9. The summed E-state index contributed by atoms with van der Waals surface area (Å²) in [6.45, 7) is -0.337. The molecule has 0 aromatic heterocycles. The number of nitro benzene ring substituents is 1. The first kappa shape index (κ1) is 22.6. The van der Waals surface area contributed by atoms with Gasteiger partial charge in [0.1, 0.15) is 28.9 Å². The van der Waals surface area contributed by atoms with Gasteiger partial charge in [-0.3, -0.25) is 10.1 Å². The SMILES string of the molecule is N#CC1=C(N)Oc2cc(OC(=O)COc3ccc(Cl)cc3)ccc2C1c1cccc([N+](=O)[O-])c1. The first-order chi connectivity index (χ1) is 16.4. The highest BCUT2D eigenvalue weighted by molar-refractivity contribution is 6.30. The topological polar surface area (TPSA) is 138 Å². The number of non-ortho nitro benzene ring substituents is 1. The predicted octanol–water partition coefficient (Wildman–Crippen LogP) is 4.45. The third-order valence-electron chi connectivity index (χ3n) is 5.01. The molecule has 3 aromatic carbocycles. The monoisotopic (exact) mass is 477 g/mol. The fourth-order valence-electron chi connectivity index (χ4n) is 3.49. The van der Waals surface area contributed by atoms with Gasteiger partial charge >= 0.3 is 5.97 Å². The first-order valence-corrected chi connectivity index (χ1v) is 10.3. The lowest BCUT2D eigenvalue weighted by atomic mass is 9.83. The van der Waals surface area contributed by atoms with Crippen LogP contribution in [0.2, 0.25) is 5.02 Å². The largest absolute Gasteiger partial charge is 0.482 e. The van der Waals surface area contributed by atoms with Crippen LogP contribution in [-0.2, 0) is 4.79 Å². The fraction of sp³-hybridized carbons (Fsp3) is 0.0833. The number of nitriles is 1. The van der Waals surface area contributed by atoms with Gasteiger partial charge in [-0.05, 0) is 35.9 Å². The molecule has 2 N–H and O–H groups in total. The number of carbonyl (C=O) groups excluding carboxylic acids is 1. The minimum atomic E-state index is -0.688. The number of hydrogen-bond donors (Lipinski definition) is 1. The van der Waals surface area contributed by atoms with Crippen molar-refractivity contribution in [3.05, 3.63) is 104 Å². The summed E-state index contributed by atoms with van der Waals surface area (Å²) < 4.78 is 16.3. The van der Waals surface area contributed by atoms with E-state index in [1.165, 1.54) is 30.3 Å². The van der Waals surface area contributed by atoms with E-state index in [4.69, 9.17) is 31.5 Å². The van der Waals surface area contributed by atoms with Crippen LogP contribution in [0.3, 0.4) is 0 Å². The summed E-state index contributed by atoms with van der Waals surface area (Å²) in [5.41, 5.74) is 7.01. The van der Waals surface area contributed by atoms with Crippen LogP contribution in [0.1, 0.15) is 17.0 Å². The molecule has 1 atom stereocenters. The number of nitrogens with zero attached hydrogens (tertiary/aromatic N) is 2. The molecule has 0 aliphatic carbocycles. The average Bonchev–Trinajstić information content (AvgIpc) is 2.82. The van der Waals surface area contributed by atoms with Gasteiger partial charge in [-0.2, -0.15) is 5.26 Å². The molecular formula is C24H16ClN3O6. The number of rotatable bonds is 6. The highest BCUT2D eigenvalue weighted by Gasteiger charge is 2.31. The van der Waals surface area contributed by atoms with E-state index in [9.17, 15) is 20.2 Å². The normalized spacial score (nSPS) is 14.4. The molecule has 0 amide bonds. The van der Waals surface area contributed by atoms with E-state index in [2.05, 4.69) is 0 Å². The van der Waals surface area contributed by atoms with Gasteiger partial charge in [0.05, 0.1) is 10.8 Å². The molecule has 0 saturated heterocycles. The smallest absolute Gasteiger partial charge is 0.349 e. The molecule has 1 heterocycles. The number of ether oxygens (including phenoxy) is 3. The molecule has 9 nitrogen and oxygen atoms in total. The van der Waals surface area contributed by atoms with Crippen molar-refractivity contribution >= 4 is 23.3 Å². The maximum Gasteiger partial charge on any atom is 0.349 e. The Balaban J connectivity index is 1.57. The average molecular weight is 478 g/mol. The molecule has 0 fully saturated rings. The number of nitro groups is 1. The molecule has 1 unspecified atom stereocenters. The van der Waals surface area contributed by atoms with E-state index in [0.717, 1.165) is 0 Å². The molecule has 4 rings (SSSR count). The molecule has 170 valence electrons. The lowest BCUT2D eigenvalue weighted by molar-refractivity contribution is -0.384. The molecule has 0 radical (unpaired) electrons. The molecule has 10 heteroatoms. The minimum absolute atomic E-state index is 0.118. The van der Waals surface area contributed by atoms with Crippen molar-refractivity contribution in [1.29, 1.82) is 5.26 Å². The van der Waals surface area contributed by atoms with Crippen LogP contribution >= 0.6 is 11.6 Å². The second kappa shape index (κ2) is 9.52. The summed E-state index contributed by atoms with van der Waals surface area (Å²) in [7, 11) is 0. The van der Waals surface area contributed by atoms with Crippen molar-refractivity contribution < 1.29 is 23.9 Å². The summed E-state index contributed by atoms with van der Waals surface area (Å²) in [6, 6.07) is 19.1. The molecule has 1 aliphatic heterocycles. The van der Waals surface area contributed by atoms with Crippen LogP contribution in [0.15, 0.2) is 78.2 Å². The third kappa shape index (κ3) is 4.77. The van der Waals surface area contributed by atoms with Crippen molar-refractivity contribution in [2.75, 3.05) is 6.61 Å². The molecule has 3 aromatic rings. The Morgan fingerprint density at radius 3 is 2.59 bits per heavy atom. The number of allylic oxidation sites excluding steroid dienone is 1. The summed E-state index contributed by atoms with van der Waals surface area (Å²) in [5, 5.41) is 21.4. The Labute approximate surface area is 198 Å². The maximum atomic E-state index is 12.2. The number of hydrogen-bond acceptors (Lipinski definition) is 8. The van der Waals surface area contributed by atoms with Gasteiger partial charge < -0.3 is 19.9 Å². The van der Waals surface area contributed by atoms with Gasteiger partial charge in [-0.25, -0.2) is 4.79 Å². The van der Waals surface area contributed by atoms with Gasteiger partial charge in [0.15, 0.2) is 6.61 Å². The molecular weight excluding hydrogens is 462 g/mol. The van der Waals surface area contributed by atoms with Crippen molar-refractivity contribution in [3.63, 3.8) is 0 Å². The quantitative estimate of drug-likeness (QED) is 0.238. The number of nitrogens with two attached hydrogens (primary N) is 1. The van der Waals surface area contributed by atoms with E-state index in [1.807, 2.05) is 6.07 Å². The fourth-order valence-corrected chi connectivity index (χ4v) is 3.62. The van der Waals surface area contributed by atoms with Gasteiger partial charge in [-0.15, -0.1) is 0 Å². The summed E-state index contributed by atoms with van der Waals surface area (Å²) in [5.74, 6) is -0.585. The van der Waals surface area contributed by atoms with E-state index < -0.39 is 16.8 Å². The Morgan fingerprint density at radius 2 is 1.88 bits per heavy atom. The number of halogens is 1. The zero-order chi connectivity index (χ0) is 24.2. The van der Waals surface area contributed by atoms with Gasteiger partial charge in [0.2, 0.25) is 5.88 Å². The predicted molar refractivity (Wildman–Crippen MR) is 121 cm³/mol. The summed E-state index contributed by atoms with van der Waals surface area (Å²) >= 11 is 5.82. The second-order valence-electron chi connectivity index (χ2n) is 7.19. The van der Waals surface area contributed by atoms with Crippen molar-refractivity contribution in [2.24, 2.45) is 5.73 Å². The molecule has 0 saturated carbocycles. The molecule has 0 spiro atoms. The van der Waals surface area contributed by atoms with E-state index in [-0.39, 0.29) is 35.2 Å². The van der Waals surface area contributed by atoms with Crippen molar-refractivity contribution in [3.8, 4) is 23.3 Å². The Bertz CT molecular complexity index is 1350. The third-order valence-corrected chi connectivity index (χ3v) is 5.26. The van der Waals surface area contributed by atoms with Crippen LogP contribution in [0.5, 0.6) is 17.2 Å². The maximum absolute atomic E-state index is 12.2. The lowest BCUT2D eigenvalue weighted by Gasteiger charge is -2.26. The Hall–Kier alpha value is -4.55. The second-order valence-corrected chi connectivity index (χ2v) is 7.63. The number of esters is 1. The Morgan fingerprint density at radius 1 is 1.15 bits per heavy atom. The van der Waals surface area contributed by atoms with Gasteiger partial charge in [0.25, 0.3) is 5.69 Å². The van der Waals surface area contributed by atoms with E-state index in [0.29, 0.717) is 21.9 Å². The first-order valence-electron chi connectivity index (χ1n) is 9.90. The Kier molecular flexibility index (Phi) is 6.34. The van der Waals surface area contributed by atoms with Crippen LogP contribution in [-0.4, -0.2) is 17.5 Å². The van der Waals surface area contributed by atoms with Crippen LogP contribution in [0, 0.1) is 21.4 Å². The highest BCUT2D eigenvalue weighted by Crippen LogP contribution is 2.43. The zero-order valence-electron chi connectivity index (χ0n) is 17.4. The van der Waals surface area contributed by atoms with E-state index in [1.54, 1.807) is 36.4 Å². The van der Waals surface area contributed by atoms with Gasteiger partial charge in [-0.1, -0.05) is 29.8 Å². The molecule has 34 heavy (non-hydrogen) atoms.